The van der Waals surface area contributed by atoms with E-state index in [-0.39, 0.29) is 18.9 Å². The molecule has 38 heavy (non-hydrogen) atoms. The van der Waals surface area contributed by atoms with E-state index in [0.29, 0.717) is 5.82 Å². The molecule has 0 radical (unpaired) electrons. The largest absolute Gasteiger partial charge is 0.460 e. The summed E-state index contributed by atoms with van der Waals surface area (Å²) in [6.45, 7) is 11.8. The molecule has 0 aliphatic carbocycles. The van der Waals surface area contributed by atoms with Crippen molar-refractivity contribution in [1.29, 1.82) is 0 Å². The minimum Gasteiger partial charge on any atom is -0.460 e. The number of nitrogens with zero attached hydrogens (tertiary/aromatic N) is 4. The maximum atomic E-state index is 12.9. The number of rotatable bonds is 7. The Morgan fingerprint density at radius 3 is 2.47 bits per heavy atom. The normalized spacial score (nSPS) is 15.7. The molecule has 1 aliphatic heterocycles. The van der Waals surface area contributed by atoms with E-state index >= 15 is 0 Å². The molecular formula is C27H33N5O4S2. The van der Waals surface area contributed by atoms with Gasteiger partial charge in [0.15, 0.2) is 5.82 Å². The Balaban J connectivity index is 1.76. The number of aryl methyl sites for hydroxylation is 2. The van der Waals surface area contributed by atoms with Crippen LogP contribution in [0.25, 0.3) is 11.1 Å². The molecular weight excluding hydrogens is 522 g/mol. The molecule has 0 saturated heterocycles. The third-order valence-corrected chi connectivity index (χ3v) is 7.86. The highest BCUT2D eigenvalue weighted by Gasteiger charge is 2.33. The Hall–Kier alpha value is -3.15. The number of thiophene rings is 1. The second-order valence-electron chi connectivity index (χ2n) is 10.3. The van der Waals surface area contributed by atoms with Gasteiger partial charge in [-0.2, -0.15) is 0 Å². The molecule has 1 N–H and O–H groups in total. The standard InChI is InChI=1S/C27H33N5O4S2/c1-16-17(2)37-26-23(16)24(20-12-10-19(11-13-20)9-8-14-28-38(7,34)35)29-21(15-22(33)36-27(4,5)6)25-31-30-18(3)32(25)26/h8-13,21,28H,14-15H2,1-7H3/b9-8+/t21-/m0/s1. The predicted molar refractivity (Wildman–Crippen MR) is 151 cm³/mol. The van der Waals surface area contributed by atoms with E-state index in [4.69, 9.17) is 9.73 Å². The lowest BCUT2D eigenvalue weighted by molar-refractivity contribution is -0.155. The van der Waals surface area contributed by atoms with E-state index in [1.54, 1.807) is 17.4 Å². The minimum absolute atomic E-state index is 0.0417. The quantitative estimate of drug-likeness (QED) is 0.431. The molecule has 202 valence electrons. The van der Waals surface area contributed by atoms with E-state index in [1.165, 1.54) is 4.88 Å². The molecule has 0 spiro atoms. The number of esters is 1. The van der Waals surface area contributed by atoms with Crippen molar-refractivity contribution < 1.29 is 17.9 Å². The number of aliphatic imine (C=N–C) groups is 1. The number of hydrogen-bond donors (Lipinski definition) is 1. The number of ether oxygens (including phenoxy) is 1. The van der Waals surface area contributed by atoms with Crippen molar-refractivity contribution >= 4 is 39.1 Å². The third kappa shape index (κ3) is 6.28. The van der Waals surface area contributed by atoms with Crippen molar-refractivity contribution in [1.82, 2.24) is 19.5 Å². The molecule has 3 aromatic rings. The molecule has 2 aromatic heterocycles. The van der Waals surface area contributed by atoms with Crippen LogP contribution in [0, 0.1) is 20.8 Å². The SMILES string of the molecule is Cc1sc2c(c1C)C(c1ccc(/C=C/CNS(C)(=O)=O)cc1)=N[C@@H](CC(=O)OC(C)(C)C)c1nnc(C)n1-2. The first-order valence-electron chi connectivity index (χ1n) is 12.3. The van der Waals surface area contributed by atoms with Gasteiger partial charge in [-0.15, -0.1) is 21.5 Å². The first-order chi connectivity index (χ1) is 17.7. The van der Waals surface area contributed by atoms with Crippen LogP contribution in [-0.2, 0) is 19.6 Å². The van der Waals surface area contributed by atoms with E-state index in [2.05, 4.69) is 28.8 Å². The van der Waals surface area contributed by atoms with Crippen molar-refractivity contribution in [3.63, 3.8) is 0 Å². The van der Waals surface area contributed by atoms with Gasteiger partial charge in [-0.3, -0.25) is 14.4 Å². The summed E-state index contributed by atoms with van der Waals surface area (Å²) < 4.78 is 32.6. The smallest absolute Gasteiger partial charge is 0.308 e. The number of benzene rings is 1. The predicted octanol–water partition coefficient (Wildman–Crippen LogP) is 4.44. The summed E-state index contributed by atoms with van der Waals surface area (Å²) in [6.07, 6.45) is 4.79. The average molecular weight is 556 g/mol. The second-order valence-corrected chi connectivity index (χ2v) is 13.4. The summed E-state index contributed by atoms with van der Waals surface area (Å²) in [7, 11) is -3.24. The van der Waals surface area contributed by atoms with Crippen molar-refractivity contribution in [3.8, 4) is 5.00 Å². The van der Waals surface area contributed by atoms with E-state index in [0.717, 1.165) is 45.0 Å². The van der Waals surface area contributed by atoms with Gasteiger partial charge < -0.3 is 4.74 Å². The van der Waals surface area contributed by atoms with E-state index in [1.807, 2.05) is 62.6 Å². The highest BCUT2D eigenvalue weighted by atomic mass is 32.2. The van der Waals surface area contributed by atoms with Gasteiger partial charge >= 0.3 is 5.97 Å². The van der Waals surface area contributed by atoms with Gasteiger partial charge in [0.1, 0.15) is 22.5 Å². The zero-order valence-corrected chi connectivity index (χ0v) is 24.3. The van der Waals surface area contributed by atoms with Gasteiger partial charge in [0.25, 0.3) is 0 Å². The van der Waals surface area contributed by atoms with Crippen LogP contribution in [-0.4, -0.2) is 53.3 Å². The van der Waals surface area contributed by atoms with Gasteiger partial charge in [-0.05, 0) is 52.7 Å². The Morgan fingerprint density at radius 1 is 1.16 bits per heavy atom. The third-order valence-electron chi connectivity index (χ3n) is 5.98. The van der Waals surface area contributed by atoms with E-state index < -0.39 is 21.7 Å². The average Bonchev–Trinajstić information content (AvgIpc) is 3.27. The topological polar surface area (TPSA) is 116 Å². The zero-order chi connectivity index (χ0) is 27.8. The number of aromatic nitrogens is 3. The maximum Gasteiger partial charge on any atom is 0.308 e. The van der Waals surface area contributed by atoms with Crippen molar-refractivity contribution in [3.05, 3.63) is 69.1 Å². The first kappa shape index (κ1) is 27.9. The van der Waals surface area contributed by atoms with Gasteiger partial charge in [-0.25, -0.2) is 13.1 Å². The fourth-order valence-electron chi connectivity index (χ4n) is 4.21. The number of carbonyl (C=O) groups excluding carboxylic acids is 1. The summed E-state index contributed by atoms with van der Waals surface area (Å²) in [4.78, 5) is 19.2. The van der Waals surface area contributed by atoms with Crippen molar-refractivity contribution in [2.24, 2.45) is 4.99 Å². The van der Waals surface area contributed by atoms with Crippen LogP contribution in [0.1, 0.15) is 72.0 Å². The van der Waals surface area contributed by atoms with Crippen LogP contribution < -0.4 is 4.72 Å². The fourth-order valence-corrected chi connectivity index (χ4v) is 5.83. The molecule has 0 saturated carbocycles. The van der Waals surface area contributed by atoms with Crippen LogP contribution in [0.2, 0.25) is 0 Å². The first-order valence-corrected chi connectivity index (χ1v) is 15.0. The van der Waals surface area contributed by atoms with Crippen molar-refractivity contribution in [2.75, 3.05) is 12.8 Å². The summed E-state index contributed by atoms with van der Waals surface area (Å²) in [5.74, 6) is 0.999. The van der Waals surface area contributed by atoms with Crippen LogP contribution in [0.5, 0.6) is 0 Å². The molecule has 0 unspecified atom stereocenters. The molecule has 1 aliphatic rings. The highest BCUT2D eigenvalue weighted by molar-refractivity contribution is 7.88. The van der Waals surface area contributed by atoms with Crippen LogP contribution in [0.15, 0.2) is 35.3 Å². The second kappa shape index (κ2) is 10.5. The molecule has 0 amide bonds. The number of fused-ring (bicyclic) bond motifs is 3. The molecule has 9 nitrogen and oxygen atoms in total. The Bertz CT molecular complexity index is 1520. The molecule has 3 heterocycles. The Labute approximate surface area is 227 Å². The van der Waals surface area contributed by atoms with Gasteiger partial charge in [0.2, 0.25) is 10.0 Å². The molecule has 1 aromatic carbocycles. The highest BCUT2D eigenvalue weighted by Crippen LogP contribution is 2.39. The summed E-state index contributed by atoms with van der Waals surface area (Å²) >= 11 is 1.66. The lowest BCUT2D eigenvalue weighted by Gasteiger charge is -2.21. The molecule has 0 bridgehead atoms. The van der Waals surface area contributed by atoms with Crippen LogP contribution in [0.4, 0.5) is 0 Å². The lowest BCUT2D eigenvalue weighted by Crippen LogP contribution is -2.25. The summed E-state index contributed by atoms with van der Waals surface area (Å²) in [5, 5.41) is 9.74. The number of nitrogens with one attached hydrogen (secondary N) is 1. The Kier molecular flexibility index (Phi) is 7.74. The minimum atomic E-state index is -3.24. The van der Waals surface area contributed by atoms with E-state index in [9.17, 15) is 13.2 Å². The molecule has 11 heteroatoms. The fraction of sp³-hybridized carbons (Fsp3) is 0.407. The number of sulfonamides is 1. The zero-order valence-electron chi connectivity index (χ0n) is 22.7. The molecule has 4 rings (SSSR count). The monoisotopic (exact) mass is 555 g/mol. The maximum absolute atomic E-state index is 12.9. The number of carbonyl (C=O) groups is 1. The van der Waals surface area contributed by atoms with Gasteiger partial charge in [-0.1, -0.05) is 36.4 Å². The van der Waals surface area contributed by atoms with Gasteiger partial charge in [0.05, 0.1) is 18.4 Å². The number of hydrogen-bond acceptors (Lipinski definition) is 8. The summed E-state index contributed by atoms with van der Waals surface area (Å²) in [6, 6.07) is 7.33. The van der Waals surface area contributed by atoms with Crippen molar-refractivity contribution in [2.45, 2.75) is 59.6 Å². The Morgan fingerprint density at radius 2 is 1.84 bits per heavy atom. The lowest BCUT2D eigenvalue weighted by atomic mass is 9.98. The van der Waals surface area contributed by atoms with Crippen LogP contribution in [0.3, 0.4) is 0 Å². The van der Waals surface area contributed by atoms with Crippen LogP contribution >= 0.6 is 11.3 Å². The summed E-state index contributed by atoms with van der Waals surface area (Å²) in [5.41, 5.74) is 4.14. The molecule has 1 atom stereocenters. The molecule has 0 fully saturated rings. The van der Waals surface area contributed by atoms with Gasteiger partial charge in [0, 0.05) is 22.5 Å².